The molecule has 0 aromatic heterocycles. The number of amides is 1. The molecule has 2 aliphatic heterocycles. The molecule has 2 heterocycles. The molecule has 0 bridgehead atoms. The van der Waals surface area contributed by atoms with Gasteiger partial charge in [-0.25, -0.2) is 4.39 Å². The second-order valence-corrected chi connectivity index (χ2v) is 9.85. The first kappa shape index (κ1) is 22.6. The summed E-state index contributed by atoms with van der Waals surface area (Å²) in [7, 11) is 0. The SMILES string of the molecule is O=C(CN1CCN(c2ccc(-c3ccc(F)c(Cl)c3)cc2)CC1)N1CCN(C2CCC2)CC1. The molecule has 0 N–H and O–H groups in total. The number of carbonyl (C=O) groups is 1. The Labute approximate surface area is 200 Å². The highest BCUT2D eigenvalue weighted by molar-refractivity contribution is 6.31. The zero-order valence-electron chi connectivity index (χ0n) is 19.1. The molecule has 1 amide bonds. The van der Waals surface area contributed by atoms with Gasteiger partial charge in [0.2, 0.25) is 5.91 Å². The molecule has 7 heteroatoms. The highest BCUT2D eigenvalue weighted by atomic mass is 35.5. The van der Waals surface area contributed by atoms with Gasteiger partial charge in [0.15, 0.2) is 0 Å². The maximum atomic E-state index is 13.4. The molecule has 0 radical (unpaired) electrons. The number of halogens is 2. The summed E-state index contributed by atoms with van der Waals surface area (Å²) in [6, 6.07) is 13.9. The van der Waals surface area contributed by atoms with Crippen LogP contribution in [0.15, 0.2) is 42.5 Å². The van der Waals surface area contributed by atoms with Gasteiger partial charge in [-0.2, -0.15) is 0 Å². The van der Waals surface area contributed by atoms with Crippen LogP contribution in [0, 0.1) is 5.82 Å². The number of anilines is 1. The molecule has 5 nitrogen and oxygen atoms in total. The summed E-state index contributed by atoms with van der Waals surface area (Å²) in [6.45, 7) is 7.94. The monoisotopic (exact) mass is 470 g/mol. The van der Waals surface area contributed by atoms with Crippen LogP contribution < -0.4 is 4.90 Å². The molecule has 33 heavy (non-hydrogen) atoms. The Hall–Kier alpha value is -2.15. The second kappa shape index (κ2) is 10.00. The zero-order valence-corrected chi connectivity index (χ0v) is 19.8. The number of nitrogens with zero attached hydrogens (tertiary/aromatic N) is 4. The maximum absolute atomic E-state index is 13.4. The van der Waals surface area contributed by atoms with Gasteiger partial charge in [-0.05, 0) is 48.2 Å². The highest BCUT2D eigenvalue weighted by Gasteiger charge is 2.30. The number of benzene rings is 2. The zero-order chi connectivity index (χ0) is 22.8. The number of hydrogen-bond acceptors (Lipinski definition) is 4. The minimum absolute atomic E-state index is 0.141. The normalized spacial score (nSPS) is 20.7. The van der Waals surface area contributed by atoms with Crippen LogP contribution in [0.1, 0.15) is 19.3 Å². The number of rotatable bonds is 5. The van der Waals surface area contributed by atoms with E-state index in [1.807, 2.05) is 0 Å². The Balaban J connectivity index is 1.09. The topological polar surface area (TPSA) is 30.0 Å². The van der Waals surface area contributed by atoms with Crippen molar-refractivity contribution in [3.05, 3.63) is 53.3 Å². The van der Waals surface area contributed by atoms with Gasteiger partial charge in [-0.1, -0.05) is 36.2 Å². The average molecular weight is 471 g/mol. The maximum Gasteiger partial charge on any atom is 0.236 e. The number of piperazine rings is 2. The first-order chi connectivity index (χ1) is 16.1. The van der Waals surface area contributed by atoms with Crippen LogP contribution in [0.5, 0.6) is 0 Å². The Morgan fingerprint density at radius 2 is 1.55 bits per heavy atom. The molecule has 2 saturated heterocycles. The molecule has 0 spiro atoms. The van der Waals surface area contributed by atoms with Gasteiger partial charge < -0.3 is 9.80 Å². The fourth-order valence-electron chi connectivity index (χ4n) is 5.08. The lowest BCUT2D eigenvalue weighted by Gasteiger charge is -2.43. The quantitative estimate of drug-likeness (QED) is 0.661. The third-order valence-electron chi connectivity index (χ3n) is 7.47. The standard InChI is InChI=1S/C26H32ClFN4O/c27-24-18-21(6-9-25(24)28)20-4-7-23(8-5-20)30-12-10-29(11-13-30)19-26(33)32-16-14-31(15-17-32)22-2-1-3-22/h4-9,18,22H,1-3,10-17,19H2. The van der Waals surface area contributed by atoms with Gasteiger partial charge in [0, 0.05) is 64.1 Å². The molecule has 0 atom stereocenters. The summed E-state index contributed by atoms with van der Waals surface area (Å²) in [6.07, 6.45) is 4.03. The van der Waals surface area contributed by atoms with Gasteiger partial charge >= 0.3 is 0 Å². The summed E-state index contributed by atoms with van der Waals surface area (Å²) in [4.78, 5) is 22.1. The summed E-state index contributed by atoms with van der Waals surface area (Å²) >= 11 is 5.93. The lowest BCUT2D eigenvalue weighted by molar-refractivity contribution is -0.134. The predicted octanol–water partition coefficient (Wildman–Crippen LogP) is 3.96. The van der Waals surface area contributed by atoms with Crippen molar-refractivity contribution in [3.8, 4) is 11.1 Å². The Morgan fingerprint density at radius 1 is 0.879 bits per heavy atom. The summed E-state index contributed by atoms with van der Waals surface area (Å²) < 4.78 is 13.4. The van der Waals surface area contributed by atoms with E-state index in [4.69, 9.17) is 11.6 Å². The molecule has 2 aromatic carbocycles. The largest absolute Gasteiger partial charge is 0.369 e. The Bertz CT molecular complexity index is 965. The van der Waals surface area contributed by atoms with Gasteiger partial charge in [0.05, 0.1) is 11.6 Å². The Kier molecular flexibility index (Phi) is 6.86. The second-order valence-electron chi connectivity index (χ2n) is 9.44. The van der Waals surface area contributed by atoms with Crippen LogP contribution >= 0.6 is 11.6 Å². The van der Waals surface area contributed by atoms with Crippen molar-refractivity contribution < 1.29 is 9.18 Å². The third-order valence-corrected chi connectivity index (χ3v) is 7.76. The van der Waals surface area contributed by atoms with E-state index in [1.165, 1.54) is 31.0 Å². The molecular formula is C26H32ClFN4O. The van der Waals surface area contributed by atoms with Gasteiger partial charge in [0.25, 0.3) is 0 Å². The summed E-state index contributed by atoms with van der Waals surface area (Å²) in [5, 5.41) is 0.141. The van der Waals surface area contributed by atoms with E-state index in [0.717, 1.165) is 69.5 Å². The number of carbonyl (C=O) groups excluding carboxylic acids is 1. The molecule has 2 aromatic rings. The fourth-order valence-corrected chi connectivity index (χ4v) is 5.26. The minimum Gasteiger partial charge on any atom is -0.369 e. The van der Waals surface area contributed by atoms with E-state index in [9.17, 15) is 9.18 Å². The average Bonchev–Trinajstić information content (AvgIpc) is 2.81. The third kappa shape index (κ3) is 5.18. The smallest absolute Gasteiger partial charge is 0.236 e. The van der Waals surface area contributed by atoms with E-state index in [0.29, 0.717) is 6.54 Å². The Morgan fingerprint density at radius 3 is 2.15 bits per heavy atom. The van der Waals surface area contributed by atoms with Crippen LogP contribution in [0.4, 0.5) is 10.1 Å². The van der Waals surface area contributed by atoms with Crippen molar-refractivity contribution in [3.63, 3.8) is 0 Å². The number of hydrogen-bond donors (Lipinski definition) is 0. The van der Waals surface area contributed by atoms with E-state index in [1.54, 1.807) is 12.1 Å². The highest BCUT2D eigenvalue weighted by Crippen LogP contribution is 2.28. The fraction of sp³-hybridized carbons (Fsp3) is 0.500. The lowest BCUT2D eigenvalue weighted by Crippen LogP contribution is -2.56. The predicted molar refractivity (Wildman–Crippen MR) is 131 cm³/mol. The van der Waals surface area contributed by atoms with Crippen LogP contribution in [0.2, 0.25) is 5.02 Å². The van der Waals surface area contributed by atoms with Gasteiger partial charge in [-0.3, -0.25) is 14.6 Å². The first-order valence-corrected chi connectivity index (χ1v) is 12.5. The lowest BCUT2D eigenvalue weighted by atomic mass is 9.91. The molecule has 5 rings (SSSR count). The van der Waals surface area contributed by atoms with Crippen LogP contribution in [-0.4, -0.2) is 85.6 Å². The summed E-state index contributed by atoms with van der Waals surface area (Å²) in [5.74, 6) is -0.122. The molecule has 3 aliphatic rings. The minimum atomic E-state index is -0.399. The van der Waals surface area contributed by atoms with Crippen molar-refractivity contribution in [2.45, 2.75) is 25.3 Å². The van der Waals surface area contributed by atoms with Crippen molar-refractivity contribution in [1.82, 2.24) is 14.7 Å². The van der Waals surface area contributed by atoms with Gasteiger partial charge in [-0.15, -0.1) is 0 Å². The van der Waals surface area contributed by atoms with Crippen molar-refractivity contribution >= 4 is 23.2 Å². The van der Waals surface area contributed by atoms with Crippen molar-refractivity contribution in [2.75, 3.05) is 63.8 Å². The molecular weight excluding hydrogens is 439 g/mol. The van der Waals surface area contributed by atoms with Gasteiger partial charge in [0.1, 0.15) is 5.82 Å². The molecule has 1 aliphatic carbocycles. The molecule has 0 unspecified atom stereocenters. The van der Waals surface area contributed by atoms with Crippen LogP contribution in [0.3, 0.4) is 0 Å². The van der Waals surface area contributed by atoms with Crippen molar-refractivity contribution in [2.24, 2.45) is 0 Å². The van der Waals surface area contributed by atoms with Crippen LogP contribution in [-0.2, 0) is 4.79 Å². The van der Waals surface area contributed by atoms with E-state index in [2.05, 4.69) is 43.9 Å². The first-order valence-electron chi connectivity index (χ1n) is 12.1. The molecule has 3 fully saturated rings. The van der Waals surface area contributed by atoms with E-state index < -0.39 is 5.82 Å². The van der Waals surface area contributed by atoms with E-state index >= 15 is 0 Å². The van der Waals surface area contributed by atoms with E-state index in [-0.39, 0.29) is 10.9 Å². The van der Waals surface area contributed by atoms with Crippen LogP contribution in [0.25, 0.3) is 11.1 Å². The molecule has 1 saturated carbocycles. The molecule has 176 valence electrons. The van der Waals surface area contributed by atoms with Crippen molar-refractivity contribution in [1.29, 1.82) is 0 Å². The summed E-state index contributed by atoms with van der Waals surface area (Å²) in [5.41, 5.74) is 3.09.